The van der Waals surface area contributed by atoms with E-state index in [1.165, 1.54) is 6.92 Å². The average Bonchev–Trinajstić information content (AvgIpc) is 3.03. The van der Waals surface area contributed by atoms with Crippen molar-refractivity contribution in [3.05, 3.63) is 33.1 Å². The van der Waals surface area contributed by atoms with Gasteiger partial charge in [0.1, 0.15) is 18.2 Å². The monoisotopic (exact) mass is 617 g/mol. The number of aliphatic hydroxyl groups is 1. The molecular formula is C22H34ClFN3O10PS. The van der Waals surface area contributed by atoms with E-state index >= 15 is 4.39 Å². The van der Waals surface area contributed by atoms with Gasteiger partial charge in [0.2, 0.25) is 0 Å². The van der Waals surface area contributed by atoms with Gasteiger partial charge in [0.05, 0.1) is 19.3 Å². The number of nitrogens with zero attached hydrogens (tertiary/aromatic N) is 1. The fourth-order valence-electron chi connectivity index (χ4n) is 3.13. The highest BCUT2D eigenvalue weighted by atomic mass is 35.5. The summed E-state index contributed by atoms with van der Waals surface area (Å²) in [5, 5.41) is 9.70. The van der Waals surface area contributed by atoms with Crippen molar-refractivity contribution in [3.8, 4) is 0 Å². The van der Waals surface area contributed by atoms with Crippen LogP contribution < -0.4 is 16.3 Å². The molecule has 1 fully saturated rings. The number of rotatable bonds is 12. The van der Waals surface area contributed by atoms with Gasteiger partial charge in [0.15, 0.2) is 11.3 Å². The lowest BCUT2D eigenvalue weighted by Gasteiger charge is -2.25. The molecule has 0 saturated carbocycles. The molecule has 0 aromatic carbocycles. The first-order valence-corrected chi connectivity index (χ1v) is 14.9. The molecule has 0 amide bonds. The number of carbonyl (C=O) groups is 2. The van der Waals surface area contributed by atoms with E-state index in [0.29, 0.717) is 4.57 Å². The summed E-state index contributed by atoms with van der Waals surface area (Å²) in [6.07, 6.45) is -5.02. The number of carbonyl (C=O) groups excluding carboxylic acids is 2. The number of ether oxygens (including phenoxy) is 2. The lowest BCUT2D eigenvalue weighted by molar-refractivity contribution is -0.149. The Hall–Kier alpha value is -1.58. The summed E-state index contributed by atoms with van der Waals surface area (Å²) in [6.45, 7) is 8.83. The lowest BCUT2D eigenvalue weighted by Crippen LogP contribution is -2.42. The van der Waals surface area contributed by atoms with Gasteiger partial charge in [0.25, 0.3) is 10.7 Å². The zero-order chi connectivity index (χ0) is 29.8. The van der Waals surface area contributed by atoms with Gasteiger partial charge in [-0.2, -0.15) is 0 Å². The highest BCUT2D eigenvalue weighted by Crippen LogP contribution is 2.48. The van der Waals surface area contributed by atoms with Crippen molar-refractivity contribution in [3.63, 3.8) is 0 Å². The van der Waals surface area contributed by atoms with Gasteiger partial charge in [-0.05, 0) is 20.8 Å². The van der Waals surface area contributed by atoms with E-state index in [1.807, 2.05) is 4.98 Å². The molecule has 0 radical (unpaired) electrons. The molecule has 0 bridgehead atoms. The fourth-order valence-corrected chi connectivity index (χ4v) is 5.82. The van der Waals surface area contributed by atoms with E-state index in [9.17, 15) is 28.8 Å². The zero-order valence-corrected chi connectivity index (χ0v) is 24.8. The molecule has 1 aliphatic rings. The Balaban J connectivity index is 2.16. The quantitative estimate of drug-likeness (QED) is 0.135. The summed E-state index contributed by atoms with van der Waals surface area (Å²) in [4.78, 5) is 49.8. The van der Waals surface area contributed by atoms with Crippen LogP contribution in [0.15, 0.2) is 21.9 Å². The maximum Gasteiger partial charge on any atom is 0.406 e. The first-order chi connectivity index (χ1) is 17.9. The number of aromatic amines is 1. The third kappa shape index (κ3) is 9.22. The number of hydrogen-bond acceptors (Lipinski definition) is 11. The molecule has 222 valence electrons. The Bertz CT molecular complexity index is 1190. The summed E-state index contributed by atoms with van der Waals surface area (Å²) in [6, 6.07) is -0.239. The molecule has 1 aromatic rings. The first kappa shape index (κ1) is 33.6. The number of H-pyrrole nitrogens is 1. The smallest absolute Gasteiger partial charge is 0.406 e. The van der Waals surface area contributed by atoms with E-state index < -0.39 is 72.7 Å². The van der Waals surface area contributed by atoms with E-state index in [0.717, 1.165) is 24.0 Å². The van der Waals surface area contributed by atoms with E-state index in [1.54, 1.807) is 34.6 Å². The third-order valence-electron chi connectivity index (χ3n) is 5.14. The molecule has 0 spiro atoms. The summed E-state index contributed by atoms with van der Waals surface area (Å²) in [5.41, 5.74) is -2.40. The van der Waals surface area contributed by atoms with Crippen LogP contribution in [0.5, 0.6) is 0 Å². The van der Waals surface area contributed by atoms with Crippen LogP contribution in [0.1, 0.15) is 47.8 Å². The van der Waals surface area contributed by atoms with Crippen molar-refractivity contribution in [2.24, 2.45) is 5.41 Å². The van der Waals surface area contributed by atoms with E-state index in [-0.39, 0.29) is 17.5 Å². The predicted octanol–water partition coefficient (Wildman–Crippen LogP) is 2.08. The van der Waals surface area contributed by atoms with Crippen molar-refractivity contribution in [1.82, 2.24) is 14.6 Å². The van der Waals surface area contributed by atoms with Gasteiger partial charge in [-0.25, -0.2) is 18.8 Å². The minimum Gasteiger partial charge on any atom is -0.462 e. The molecule has 3 N–H and O–H groups in total. The van der Waals surface area contributed by atoms with Crippen LogP contribution in [0.25, 0.3) is 0 Å². The standard InChI is InChI=1S/C22H34ClFN3O10PS/c1-12(2)36-17(30)13(3)26-38(33,34-9-10-39-19(31)21(4,5)6)35-11-14-16(29)22(23,24)18(37-14)27-8-7-15(28)25-20(27)32/h7-8,12-14,16,18,29H,9-11H2,1-6H3,(H,26,33)(H,25,28,32)/t13?,14-,16-,18-,22-,38?/m1/s1. The SMILES string of the molecule is CC(C)OC(=O)C(C)NP(=O)(OCCSC(=O)C(C)(C)C)OC[C@H]1O[C@@H](n2ccc(=O)[nH]c2=O)[C@@](F)(Cl)[C@@H]1O. The van der Waals surface area contributed by atoms with Crippen LogP contribution in [-0.4, -0.2) is 74.2 Å². The van der Waals surface area contributed by atoms with Crippen molar-refractivity contribution in [2.75, 3.05) is 19.0 Å². The van der Waals surface area contributed by atoms with Crippen LogP contribution in [0.4, 0.5) is 4.39 Å². The minimum absolute atomic E-state index is 0.102. The Morgan fingerprint density at radius 2 is 1.97 bits per heavy atom. The number of aromatic nitrogens is 2. The number of hydrogen-bond donors (Lipinski definition) is 3. The van der Waals surface area contributed by atoms with Gasteiger partial charge in [0, 0.05) is 23.4 Å². The Morgan fingerprint density at radius 1 is 1.33 bits per heavy atom. The summed E-state index contributed by atoms with van der Waals surface area (Å²) in [5.74, 6) is -0.654. The molecular weight excluding hydrogens is 584 g/mol. The van der Waals surface area contributed by atoms with Gasteiger partial charge in [-0.1, -0.05) is 44.1 Å². The lowest BCUT2D eigenvalue weighted by atomic mass is 10.00. The molecule has 6 atom stereocenters. The molecule has 2 unspecified atom stereocenters. The van der Waals surface area contributed by atoms with Crippen LogP contribution in [0.2, 0.25) is 0 Å². The van der Waals surface area contributed by atoms with Crippen LogP contribution in [-0.2, 0) is 32.7 Å². The third-order valence-corrected chi connectivity index (χ3v) is 8.51. The molecule has 2 rings (SSSR count). The van der Waals surface area contributed by atoms with Gasteiger partial charge >= 0.3 is 19.4 Å². The normalized spacial score (nSPS) is 25.8. The largest absolute Gasteiger partial charge is 0.462 e. The molecule has 13 nitrogen and oxygen atoms in total. The highest BCUT2D eigenvalue weighted by Gasteiger charge is 2.58. The number of aliphatic hydroxyl groups excluding tert-OH is 1. The van der Waals surface area contributed by atoms with E-state index in [4.69, 9.17) is 30.1 Å². The van der Waals surface area contributed by atoms with Gasteiger partial charge in [-0.3, -0.25) is 33.0 Å². The maximum atomic E-state index is 15.2. The second-order valence-electron chi connectivity index (χ2n) is 10.0. The number of alkyl halides is 2. The Kier molecular flexibility index (Phi) is 11.5. The van der Waals surface area contributed by atoms with Crippen molar-refractivity contribution in [1.29, 1.82) is 0 Å². The highest BCUT2D eigenvalue weighted by molar-refractivity contribution is 8.13. The summed E-state index contributed by atoms with van der Waals surface area (Å²) in [7, 11) is -4.35. The average molecular weight is 618 g/mol. The molecule has 0 aliphatic carbocycles. The zero-order valence-electron chi connectivity index (χ0n) is 22.3. The first-order valence-electron chi connectivity index (χ1n) is 11.9. The van der Waals surface area contributed by atoms with Crippen LogP contribution in [0.3, 0.4) is 0 Å². The molecule has 2 heterocycles. The number of nitrogens with one attached hydrogen (secondary N) is 2. The molecule has 1 aliphatic heterocycles. The van der Waals surface area contributed by atoms with Crippen molar-refractivity contribution < 1.29 is 42.2 Å². The topological polar surface area (TPSA) is 175 Å². The van der Waals surface area contributed by atoms with E-state index in [2.05, 4.69) is 5.09 Å². The van der Waals surface area contributed by atoms with Crippen molar-refractivity contribution >= 4 is 42.2 Å². The Morgan fingerprint density at radius 3 is 2.54 bits per heavy atom. The molecule has 1 saturated heterocycles. The second-order valence-corrected chi connectivity index (χ2v) is 13.4. The molecule has 39 heavy (non-hydrogen) atoms. The Labute approximate surface area is 233 Å². The second kappa shape index (κ2) is 13.4. The fraction of sp³-hybridized carbons (Fsp3) is 0.727. The molecule has 17 heteroatoms. The predicted molar refractivity (Wildman–Crippen MR) is 141 cm³/mol. The van der Waals surface area contributed by atoms with Gasteiger partial charge < -0.3 is 14.6 Å². The van der Waals surface area contributed by atoms with Crippen LogP contribution in [0, 0.1) is 5.41 Å². The molecule has 1 aromatic heterocycles. The maximum absolute atomic E-state index is 15.2. The minimum atomic E-state index is -4.35. The summed E-state index contributed by atoms with van der Waals surface area (Å²) >= 11 is 6.81. The number of esters is 1. The number of halogens is 2. The summed E-state index contributed by atoms with van der Waals surface area (Å²) < 4.78 is 50.6. The number of thioether (sulfide) groups is 1. The van der Waals surface area contributed by atoms with Crippen LogP contribution >= 0.6 is 31.1 Å². The van der Waals surface area contributed by atoms with Crippen molar-refractivity contribution in [2.45, 2.75) is 77.3 Å². The van der Waals surface area contributed by atoms with Gasteiger partial charge in [-0.15, -0.1) is 0 Å².